The molecule has 0 atom stereocenters. The Kier molecular flexibility index (Phi) is 5.86. The van der Waals surface area contributed by atoms with Gasteiger partial charge in [0.1, 0.15) is 23.6 Å². The third kappa shape index (κ3) is 4.36. The van der Waals surface area contributed by atoms with E-state index in [-0.39, 0.29) is 33.0 Å². The molecule has 0 aliphatic rings. The van der Waals surface area contributed by atoms with Crippen molar-refractivity contribution in [2.24, 2.45) is 0 Å². The predicted octanol–water partition coefficient (Wildman–Crippen LogP) is 5.77. The van der Waals surface area contributed by atoms with E-state index >= 15 is 0 Å². The summed E-state index contributed by atoms with van der Waals surface area (Å²) in [5.74, 6) is -1.29. The van der Waals surface area contributed by atoms with Crippen LogP contribution < -0.4 is 10.1 Å². The highest BCUT2D eigenvalue weighted by Crippen LogP contribution is 2.35. The van der Waals surface area contributed by atoms with Crippen molar-refractivity contribution in [3.8, 4) is 5.75 Å². The zero-order valence-corrected chi connectivity index (χ0v) is 18.4. The maximum Gasteiger partial charge on any atom is 0.335 e. The molecule has 7 nitrogen and oxygen atoms in total. The minimum Gasteiger partial charge on any atom is -0.487 e. The maximum atomic E-state index is 12.6. The summed E-state index contributed by atoms with van der Waals surface area (Å²) in [6.45, 7) is 1.94. The van der Waals surface area contributed by atoms with Crippen molar-refractivity contribution in [1.82, 2.24) is 9.97 Å². The second-order valence-electron chi connectivity index (χ2n) is 6.63. The first-order valence-corrected chi connectivity index (χ1v) is 10.6. The summed E-state index contributed by atoms with van der Waals surface area (Å²) in [7, 11) is 0. The number of halogens is 2. The van der Waals surface area contributed by atoms with Gasteiger partial charge in [-0.2, -0.15) is 0 Å². The van der Waals surface area contributed by atoms with E-state index in [1.807, 2.05) is 30.3 Å². The van der Waals surface area contributed by atoms with Crippen molar-refractivity contribution in [3.05, 3.63) is 75.0 Å². The lowest BCUT2D eigenvalue weighted by Crippen LogP contribution is -2.12. The smallest absolute Gasteiger partial charge is 0.335 e. The molecule has 31 heavy (non-hydrogen) atoms. The number of ether oxygens (including phenoxy) is 1. The number of carbonyl (C=O) groups is 2. The Labute approximate surface area is 190 Å². The minimum absolute atomic E-state index is 0.0620. The molecule has 0 fully saturated rings. The number of H-pyrrole nitrogens is 1. The molecule has 2 aromatic heterocycles. The molecule has 158 valence electrons. The van der Waals surface area contributed by atoms with Crippen LogP contribution in [-0.2, 0) is 6.61 Å². The van der Waals surface area contributed by atoms with Gasteiger partial charge in [0.2, 0.25) is 0 Å². The fraction of sp³-hybridized carbons (Fsp3) is 0.0952. The van der Waals surface area contributed by atoms with E-state index in [0.29, 0.717) is 21.7 Å². The Balaban J connectivity index is 1.65. The van der Waals surface area contributed by atoms with Gasteiger partial charge >= 0.3 is 5.97 Å². The van der Waals surface area contributed by atoms with Crippen molar-refractivity contribution in [2.45, 2.75) is 13.5 Å². The number of aryl methyl sites for hydroxylation is 1. The molecule has 3 N–H and O–H groups in total. The van der Waals surface area contributed by atoms with E-state index in [0.717, 1.165) is 16.9 Å². The molecule has 0 saturated carbocycles. The number of nitrogens with one attached hydrogen (secondary N) is 2. The van der Waals surface area contributed by atoms with Gasteiger partial charge in [-0.25, -0.2) is 9.78 Å². The summed E-state index contributed by atoms with van der Waals surface area (Å²) >= 11 is 13.3. The zero-order chi connectivity index (χ0) is 22.1. The summed E-state index contributed by atoms with van der Waals surface area (Å²) in [4.78, 5) is 31.4. The first kappa shape index (κ1) is 21.2. The normalized spacial score (nSPS) is 10.9. The van der Waals surface area contributed by atoms with E-state index < -0.39 is 11.9 Å². The topological polar surface area (TPSA) is 104 Å². The molecule has 0 aliphatic carbocycles. The van der Waals surface area contributed by atoms with Crippen LogP contribution in [0.15, 0.2) is 42.5 Å². The number of rotatable bonds is 6. The number of nitrogens with zero attached hydrogens (tertiary/aromatic N) is 1. The van der Waals surface area contributed by atoms with Crippen LogP contribution in [0.4, 0.5) is 5.13 Å². The van der Waals surface area contributed by atoms with E-state index in [4.69, 9.17) is 27.9 Å². The highest BCUT2D eigenvalue weighted by atomic mass is 35.5. The zero-order valence-electron chi connectivity index (χ0n) is 16.0. The molecule has 0 spiro atoms. The number of carboxylic acids is 1. The fourth-order valence-electron chi connectivity index (χ4n) is 2.91. The molecule has 0 bridgehead atoms. The molecule has 0 aliphatic heterocycles. The van der Waals surface area contributed by atoms with Gasteiger partial charge in [-0.05, 0) is 24.6 Å². The number of anilines is 1. The summed E-state index contributed by atoms with van der Waals surface area (Å²) in [5, 5.41) is 12.8. The van der Waals surface area contributed by atoms with Crippen molar-refractivity contribution in [2.75, 3.05) is 5.32 Å². The Bertz CT molecular complexity index is 1300. The summed E-state index contributed by atoms with van der Waals surface area (Å²) < 4.78 is 6.42. The van der Waals surface area contributed by atoms with Crippen LogP contribution >= 0.6 is 34.5 Å². The van der Waals surface area contributed by atoms with Gasteiger partial charge in [-0.15, -0.1) is 0 Å². The molecule has 4 rings (SSSR count). The van der Waals surface area contributed by atoms with E-state index in [2.05, 4.69) is 15.3 Å². The highest BCUT2D eigenvalue weighted by Gasteiger charge is 2.21. The first-order chi connectivity index (χ1) is 14.8. The van der Waals surface area contributed by atoms with Crippen LogP contribution in [0.25, 0.3) is 10.2 Å². The van der Waals surface area contributed by atoms with Crippen LogP contribution in [0, 0.1) is 6.92 Å². The van der Waals surface area contributed by atoms with Crippen molar-refractivity contribution >= 4 is 61.8 Å². The summed E-state index contributed by atoms with van der Waals surface area (Å²) in [6.07, 6.45) is 0. The summed E-state index contributed by atoms with van der Waals surface area (Å²) in [6, 6.07) is 12.4. The number of hydrogen-bond donors (Lipinski definition) is 3. The lowest BCUT2D eigenvalue weighted by molar-refractivity contribution is 0.0696. The van der Waals surface area contributed by atoms with E-state index in [1.165, 1.54) is 12.1 Å². The molecule has 4 aromatic rings. The van der Waals surface area contributed by atoms with Crippen LogP contribution in [0.1, 0.15) is 32.1 Å². The quantitative estimate of drug-likeness (QED) is 0.328. The lowest BCUT2D eigenvalue weighted by Gasteiger charge is -2.08. The first-order valence-electron chi connectivity index (χ1n) is 9.03. The average molecular weight is 476 g/mol. The molecule has 0 saturated heterocycles. The number of aromatic amines is 1. The number of aromatic nitrogens is 2. The number of carbonyl (C=O) groups excluding carboxylic acids is 1. The van der Waals surface area contributed by atoms with Crippen molar-refractivity contribution in [1.29, 1.82) is 0 Å². The number of aromatic carboxylic acids is 1. The number of amides is 1. The molecular formula is C21H15Cl2N3O4S. The molecule has 0 unspecified atom stereocenters. The highest BCUT2D eigenvalue weighted by molar-refractivity contribution is 7.22. The lowest BCUT2D eigenvalue weighted by atomic mass is 10.2. The van der Waals surface area contributed by atoms with E-state index in [9.17, 15) is 14.7 Å². The monoisotopic (exact) mass is 475 g/mol. The van der Waals surface area contributed by atoms with Crippen LogP contribution in [-0.4, -0.2) is 27.0 Å². The number of fused-ring (bicyclic) bond motifs is 1. The van der Waals surface area contributed by atoms with E-state index in [1.54, 1.807) is 6.92 Å². The number of thiazole rings is 1. The standard InChI is InChI=1S/C21H15Cl2N3O4S/c1-10-15(22)16(23)18(24-10)19(27)26-21-25-17-13(30-9-11-5-3-2-4-6-11)7-12(20(28)29)8-14(17)31-21/h2-8,24H,9H2,1H3,(H,28,29)(H,25,26,27). The van der Waals surface area contributed by atoms with Crippen molar-refractivity contribution < 1.29 is 19.4 Å². The number of carboxylic acid groups (broad SMARTS) is 1. The van der Waals surface area contributed by atoms with Gasteiger partial charge in [0.05, 0.1) is 20.3 Å². The van der Waals surface area contributed by atoms with Crippen LogP contribution in [0.5, 0.6) is 5.75 Å². The molecule has 0 radical (unpaired) electrons. The Morgan fingerprint density at radius 2 is 1.94 bits per heavy atom. The molecule has 10 heteroatoms. The van der Waals surface area contributed by atoms with Gasteiger partial charge in [0.25, 0.3) is 5.91 Å². The third-order valence-electron chi connectivity index (χ3n) is 4.45. The second kappa shape index (κ2) is 8.58. The molecule has 2 aromatic carbocycles. The number of hydrogen-bond acceptors (Lipinski definition) is 5. The molecule has 2 heterocycles. The predicted molar refractivity (Wildman–Crippen MR) is 121 cm³/mol. The van der Waals surface area contributed by atoms with Crippen LogP contribution in [0.2, 0.25) is 10.0 Å². The summed E-state index contributed by atoms with van der Waals surface area (Å²) in [5.41, 5.74) is 2.13. The van der Waals surface area contributed by atoms with Gasteiger partial charge in [0, 0.05) is 5.69 Å². The second-order valence-corrected chi connectivity index (χ2v) is 8.41. The maximum absolute atomic E-state index is 12.6. The third-order valence-corrected chi connectivity index (χ3v) is 6.31. The minimum atomic E-state index is -1.09. The number of benzene rings is 2. The average Bonchev–Trinajstić information content (AvgIpc) is 3.28. The Hall–Kier alpha value is -3.07. The SMILES string of the molecule is Cc1[nH]c(C(=O)Nc2nc3c(OCc4ccccc4)cc(C(=O)O)cc3s2)c(Cl)c1Cl. The van der Waals surface area contributed by atoms with Crippen LogP contribution in [0.3, 0.4) is 0 Å². The fourth-order valence-corrected chi connectivity index (χ4v) is 4.24. The Morgan fingerprint density at radius 3 is 2.58 bits per heavy atom. The molecule has 1 amide bonds. The Morgan fingerprint density at radius 1 is 1.19 bits per heavy atom. The van der Waals surface area contributed by atoms with Crippen molar-refractivity contribution in [3.63, 3.8) is 0 Å². The van der Waals surface area contributed by atoms with Gasteiger partial charge in [-0.1, -0.05) is 64.9 Å². The van der Waals surface area contributed by atoms with Gasteiger partial charge in [-0.3, -0.25) is 10.1 Å². The molecular weight excluding hydrogens is 461 g/mol. The van der Waals surface area contributed by atoms with Gasteiger partial charge < -0.3 is 14.8 Å². The van der Waals surface area contributed by atoms with Gasteiger partial charge in [0.15, 0.2) is 5.13 Å². The largest absolute Gasteiger partial charge is 0.487 e.